The highest BCUT2D eigenvalue weighted by atomic mass is 127. The molecule has 7 heteroatoms. The van der Waals surface area contributed by atoms with Crippen molar-refractivity contribution < 1.29 is 23.8 Å². The summed E-state index contributed by atoms with van der Waals surface area (Å²) in [5.74, 6) is 0.212. The van der Waals surface area contributed by atoms with Crippen LogP contribution in [0.25, 0.3) is 0 Å². The molecule has 0 aromatic heterocycles. The van der Waals surface area contributed by atoms with E-state index in [2.05, 4.69) is 27.9 Å². The SMILES string of the molecule is COc1ccc(NC(=O)COC(=O)COc2ccc(I)cc2)cc1. The van der Waals surface area contributed by atoms with Gasteiger partial charge in [0.1, 0.15) is 11.5 Å². The maximum Gasteiger partial charge on any atom is 0.344 e. The maximum absolute atomic E-state index is 11.7. The number of esters is 1. The highest BCUT2D eigenvalue weighted by Crippen LogP contribution is 2.15. The zero-order chi connectivity index (χ0) is 17.4. The smallest absolute Gasteiger partial charge is 0.344 e. The highest BCUT2D eigenvalue weighted by molar-refractivity contribution is 14.1. The lowest BCUT2D eigenvalue weighted by Gasteiger charge is -2.08. The average Bonchev–Trinajstić information content (AvgIpc) is 2.60. The second kappa shape index (κ2) is 9.11. The van der Waals surface area contributed by atoms with E-state index in [0.717, 1.165) is 3.57 Å². The van der Waals surface area contributed by atoms with Crippen molar-refractivity contribution in [3.63, 3.8) is 0 Å². The van der Waals surface area contributed by atoms with Crippen LogP contribution in [0.2, 0.25) is 0 Å². The van der Waals surface area contributed by atoms with Gasteiger partial charge < -0.3 is 19.5 Å². The summed E-state index contributed by atoms with van der Waals surface area (Å²) in [4.78, 5) is 23.3. The molecule has 0 aliphatic carbocycles. The minimum Gasteiger partial charge on any atom is -0.497 e. The number of rotatable bonds is 7. The Labute approximate surface area is 153 Å². The van der Waals surface area contributed by atoms with E-state index in [1.807, 2.05) is 12.1 Å². The number of hydrogen-bond donors (Lipinski definition) is 1. The van der Waals surface area contributed by atoms with Gasteiger partial charge in [0.25, 0.3) is 5.91 Å². The third-order valence-corrected chi connectivity index (χ3v) is 3.63. The average molecular weight is 441 g/mol. The third-order valence-electron chi connectivity index (χ3n) is 2.91. The first-order valence-electron chi connectivity index (χ1n) is 7.05. The van der Waals surface area contributed by atoms with Gasteiger partial charge in [0.15, 0.2) is 13.2 Å². The first kappa shape index (κ1) is 18.1. The summed E-state index contributed by atoms with van der Waals surface area (Å²) >= 11 is 2.17. The molecule has 126 valence electrons. The molecule has 0 atom stereocenters. The van der Waals surface area contributed by atoms with E-state index in [-0.39, 0.29) is 13.2 Å². The number of anilines is 1. The van der Waals surface area contributed by atoms with E-state index in [1.54, 1.807) is 43.5 Å². The fraction of sp³-hybridized carbons (Fsp3) is 0.176. The number of amides is 1. The van der Waals surface area contributed by atoms with Gasteiger partial charge in [-0.25, -0.2) is 4.79 Å². The van der Waals surface area contributed by atoms with Crippen molar-refractivity contribution in [2.45, 2.75) is 0 Å². The van der Waals surface area contributed by atoms with Crippen LogP contribution in [0.4, 0.5) is 5.69 Å². The molecule has 24 heavy (non-hydrogen) atoms. The predicted octanol–water partition coefficient (Wildman–Crippen LogP) is 2.86. The molecule has 1 N–H and O–H groups in total. The van der Waals surface area contributed by atoms with Gasteiger partial charge in [-0.15, -0.1) is 0 Å². The van der Waals surface area contributed by atoms with E-state index in [9.17, 15) is 9.59 Å². The lowest BCUT2D eigenvalue weighted by atomic mass is 10.3. The summed E-state index contributed by atoms with van der Waals surface area (Å²) in [5.41, 5.74) is 0.590. The largest absolute Gasteiger partial charge is 0.497 e. The Kier molecular flexibility index (Phi) is 6.86. The molecule has 0 saturated carbocycles. The van der Waals surface area contributed by atoms with Crippen molar-refractivity contribution in [3.8, 4) is 11.5 Å². The van der Waals surface area contributed by atoms with Crippen LogP contribution < -0.4 is 14.8 Å². The molecule has 0 spiro atoms. The van der Waals surface area contributed by atoms with E-state index < -0.39 is 11.9 Å². The molecule has 0 heterocycles. The van der Waals surface area contributed by atoms with Gasteiger partial charge in [-0.2, -0.15) is 0 Å². The summed E-state index contributed by atoms with van der Waals surface area (Å²) in [6.45, 7) is -0.628. The van der Waals surface area contributed by atoms with Crippen LogP contribution >= 0.6 is 22.6 Å². The fourth-order valence-corrected chi connectivity index (χ4v) is 2.09. The Bertz CT molecular complexity index is 685. The highest BCUT2D eigenvalue weighted by Gasteiger charge is 2.09. The quantitative estimate of drug-likeness (QED) is 0.529. The monoisotopic (exact) mass is 441 g/mol. The molecule has 2 rings (SSSR count). The van der Waals surface area contributed by atoms with Crippen LogP contribution in [-0.4, -0.2) is 32.2 Å². The lowest BCUT2D eigenvalue weighted by Crippen LogP contribution is -2.23. The number of benzene rings is 2. The summed E-state index contributed by atoms with van der Waals surface area (Å²) in [6.07, 6.45) is 0. The van der Waals surface area contributed by atoms with Crippen molar-refractivity contribution in [3.05, 3.63) is 52.1 Å². The molecule has 2 aromatic carbocycles. The zero-order valence-corrected chi connectivity index (χ0v) is 15.1. The molecule has 0 saturated heterocycles. The van der Waals surface area contributed by atoms with Gasteiger partial charge in [0, 0.05) is 9.26 Å². The second-order valence-corrected chi connectivity index (χ2v) is 5.93. The van der Waals surface area contributed by atoms with Gasteiger partial charge in [-0.1, -0.05) is 0 Å². The van der Waals surface area contributed by atoms with Crippen molar-refractivity contribution >= 4 is 40.2 Å². The Hall–Kier alpha value is -2.29. The second-order valence-electron chi connectivity index (χ2n) is 4.68. The van der Waals surface area contributed by atoms with E-state index >= 15 is 0 Å². The van der Waals surface area contributed by atoms with Crippen LogP contribution in [0.5, 0.6) is 11.5 Å². The Morgan fingerprint density at radius 1 is 0.958 bits per heavy atom. The number of ether oxygens (including phenoxy) is 3. The van der Waals surface area contributed by atoms with Gasteiger partial charge >= 0.3 is 5.97 Å². The third kappa shape index (κ3) is 6.07. The van der Waals surface area contributed by atoms with E-state index in [4.69, 9.17) is 14.2 Å². The van der Waals surface area contributed by atoms with Gasteiger partial charge in [-0.3, -0.25) is 4.79 Å². The Balaban J connectivity index is 1.70. The van der Waals surface area contributed by atoms with Crippen LogP contribution in [0, 0.1) is 3.57 Å². The van der Waals surface area contributed by atoms with Crippen molar-refractivity contribution in [1.29, 1.82) is 0 Å². The molecule has 1 amide bonds. The summed E-state index contributed by atoms with van der Waals surface area (Å²) in [5, 5.41) is 2.62. The predicted molar refractivity (Wildman–Crippen MR) is 97.2 cm³/mol. The van der Waals surface area contributed by atoms with Gasteiger partial charge in [-0.05, 0) is 71.1 Å². The number of carbonyl (C=O) groups excluding carboxylic acids is 2. The molecule has 2 aromatic rings. The van der Waals surface area contributed by atoms with Crippen LogP contribution in [0.1, 0.15) is 0 Å². The Morgan fingerprint density at radius 2 is 1.58 bits per heavy atom. The minimum atomic E-state index is -0.613. The summed E-state index contributed by atoms with van der Waals surface area (Å²) in [7, 11) is 1.56. The van der Waals surface area contributed by atoms with Crippen LogP contribution in [-0.2, 0) is 14.3 Å². The van der Waals surface area contributed by atoms with Gasteiger partial charge in [0.2, 0.25) is 0 Å². The Morgan fingerprint density at radius 3 is 2.21 bits per heavy atom. The topological polar surface area (TPSA) is 73.9 Å². The number of hydrogen-bond acceptors (Lipinski definition) is 5. The minimum absolute atomic E-state index is 0.254. The molecule has 0 unspecified atom stereocenters. The first-order valence-corrected chi connectivity index (χ1v) is 8.12. The number of carbonyl (C=O) groups is 2. The fourth-order valence-electron chi connectivity index (χ4n) is 1.73. The zero-order valence-electron chi connectivity index (χ0n) is 13.0. The van der Waals surface area contributed by atoms with Gasteiger partial charge in [0.05, 0.1) is 7.11 Å². The molecule has 0 fully saturated rings. The van der Waals surface area contributed by atoms with E-state index in [0.29, 0.717) is 17.2 Å². The van der Waals surface area contributed by atoms with Crippen molar-refractivity contribution in [2.24, 2.45) is 0 Å². The number of nitrogens with one attached hydrogen (secondary N) is 1. The molecular weight excluding hydrogens is 425 g/mol. The molecule has 6 nitrogen and oxygen atoms in total. The lowest BCUT2D eigenvalue weighted by molar-refractivity contribution is -0.149. The summed E-state index contributed by atoms with van der Waals surface area (Å²) < 4.78 is 16.2. The maximum atomic E-state index is 11.7. The number of halogens is 1. The normalized spacial score (nSPS) is 9.92. The van der Waals surface area contributed by atoms with Crippen LogP contribution in [0.3, 0.4) is 0 Å². The molecule has 0 aliphatic rings. The standard InChI is InChI=1S/C17H16INO5/c1-22-14-8-4-13(5-9-14)19-16(20)10-24-17(21)11-23-15-6-2-12(18)3-7-15/h2-9H,10-11H2,1H3,(H,19,20). The molecule has 0 aliphatic heterocycles. The molecule has 0 bridgehead atoms. The van der Waals surface area contributed by atoms with E-state index in [1.165, 1.54) is 0 Å². The van der Waals surface area contributed by atoms with Crippen LogP contribution in [0.15, 0.2) is 48.5 Å². The van der Waals surface area contributed by atoms with Crippen molar-refractivity contribution in [2.75, 3.05) is 25.6 Å². The van der Waals surface area contributed by atoms with Crippen molar-refractivity contribution in [1.82, 2.24) is 0 Å². The summed E-state index contributed by atoms with van der Waals surface area (Å²) in [6, 6.07) is 14.1. The number of methoxy groups -OCH3 is 1. The molecular formula is C17H16INO5. The molecule has 0 radical (unpaired) electrons. The first-order chi connectivity index (χ1) is 11.6.